The van der Waals surface area contributed by atoms with Crippen molar-refractivity contribution < 1.29 is 9.53 Å². The van der Waals surface area contributed by atoms with Crippen molar-refractivity contribution in [1.29, 1.82) is 0 Å². The Balaban J connectivity index is 1.83. The van der Waals surface area contributed by atoms with Crippen LogP contribution in [0.5, 0.6) is 0 Å². The van der Waals surface area contributed by atoms with E-state index >= 15 is 0 Å². The highest BCUT2D eigenvalue weighted by atomic mass is 16.5. The fourth-order valence-corrected chi connectivity index (χ4v) is 4.22. The van der Waals surface area contributed by atoms with E-state index in [0.717, 1.165) is 12.0 Å². The average Bonchev–Trinajstić information content (AvgIpc) is 2.81. The number of hydrogen-bond donors (Lipinski definition) is 0. The smallest absolute Gasteiger partial charge is 0.303 e. The lowest BCUT2D eigenvalue weighted by Gasteiger charge is -2.15. The maximum absolute atomic E-state index is 11.3. The SMILES string of the molecule is CCCCCCCCc1ccc(-c2ccccc2)c(-c2ccc(C(C)OC(C)=O)cc2)c1. The molecule has 0 spiro atoms. The van der Waals surface area contributed by atoms with Gasteiger partial charge in [0.15, 0.2) is 0 Å². The molecule has 0 saturated carbocycles. The number of hydrogen-bond acceptors (Lipinski definition) is 2. The number of esters is 1. The summed E-state index contributed by atoms with van der Waals surface area (Å²) >= 11 is 0. The quantitative estimate of drug-likeness (QED) is 0.226. The Morgan fingerprint density at radius 3 is 2.12 bits per heavy atom. The molecule has 3 aromatic carbocycles. The van der Waals surface area contributed by atoms with E-state index in [2.05, 4.69) is 79.7 Å². The van der Waals surface area contributed by atoms with E-state index in [0.29, 0.717) is 0 Å². The summed E-state index contributed by atoms with van der Waals surface area (Å²) in [6, 6.07) is 25.9. The minimum Gasteiger partial charge on any atom is -0.458 e. The predicted molar refractivity (Wildman–Crippen MR) is 135 cm³/mol. The van der Waals surface area contributed by atoms with Crippen LogP contribution in [0.25, 0.3) is 22.3 Å². The van der Waals surface area contributed by atoms with Crippen molar-refractivity contribution in [1.82, 2.24) is 0 Å². The fourth-order valence-electron chi connectivity index (χ4n) is 4.22. The zero-order chi connectivity index (χ0) is 22.8. The van der Waals surface area contributed by atoms with E-state index in [-0.39, 0.29) is 12.1 Å². The Morgan fingerprint density at radius 1 is 0.781 bits per heavy atom. The predicted octanol–water partition coefficient (Wildman–Crippen LogP) is 8.55. The molecular formula is C30H36O2. The van der Waals surface area contributed by atoms with Gasteiger partial charge < -0.3 is 4.74 Å². The molecule has 0 aliphatic rings. The van der Waals surface area contributed by atoms with Gasteiger partial charge in [0.1, 0.15) is 6.10 Å². The van der Waals surface area contributed by atoms with Gasteiger partial charge in [-0.05, 0) is 53.1 Å². The molecule has 0 radical (unpaired) electrons. The summed E-state index contributed by atoms with van der Waals surface area (Å²) in [5.74, 6) is -0.254. The van der Waals surface area contributed by atoms with Gasteiger partial charge in [-0.25, -0.2) is 0 Å². The Morgan fingerprint density at radius 2 is 1.44 bits per heavy atom. The van der Waals surface area contributed by atoms with Crippen molar-refractivity contribution in [2.45, 2.75) is 71.8 Å². The van der Waals surface area contributed by atoms with Gasteiger partial charge in [0.25, 0.3) is 0 Å². The molecule has 3 aromatic rings. The number of carbonyl (C=O) groups is 1. The molecule has 0 aliphatic carbocycles. The third-order valence-electron chi connectivity index (χ3n) is 6.02. The minimum atomic E-state index is -0.254. The summed E-state index contributed by atoms with van der Waals surface area (Å²) in [5.41, 5.74) is 7.32. The van der Waals surface area contributed by atoms with Gasteiger partial charge in [0.2, 0.25) is 0 Å². The first-order chi connectivity index (χ1) is 15.6. The van der Waals surface area contributed by atoms with Gasteiger partial charge in [-0.15, -0.1) is 0 Å². The largest absolute Gasteiger partial charge is 0.458 e. The number of ether oxygens (including phenoxy) is 1. The van der Waals surface area contributed by atoms with Crippen LogP contribution in [0.1, 0.15) is 76.5 Å². The fraction of sp³-hybridized carbons (Fsp3) is 0.367. The number of rotatable bonds is 11. The molecule has 2 heteroatoms. The van der Waals surface area contributed by atoms with E-state index in [1.165, 1.54) is 73.3 Å². The summed E-state index contributed by atoms with van der Waals surface area (Å²) in [7, 11) is 0. The standard InChI is InChI=1S/C30H36O2/c1-4-5-6-7-8-10-13-25-16-21-29(27-14-11-9-12-15-27)30(22-25)28-19-17-26(18-20-28)23(2)32-24(3)31/h9,11-12,14-23H,4-8,10,13H2,1-3H3. The van der Waals surface area contributed by atoms with Crippen LogP contribution in [-0.2, 0) is 16.0 Å². The second-order valence-electron chi connectivity index (χ2n) is 8.64. The van der Waals surface area contributed by atoms with Gasteiger partial charge in [-0.2, -0.15) is 0 Å². The molecule has 0 saturated heterocycles. The zero-order valence-corrected chi connectivity index (χ0v) is 19.8. The maximum atomic E-state index is 11.3. The zero-order valence-electron chi connectivity index (χ0n) is 19.8. The molecule has 3 rings (SSSR count). The van der Waals surface area contributed by atoms with E-state index in [9.17, 15) is 4.79 Å². The normalized spacial score (nSPS) is 11.8. The highest BCUT2D eigenvalue weighted by Gasteiger charge is 2.12. The lowest BCUT2D eigenvalue weighted by atomic mass is 9.91. The van der Waals surface area contributed by atoms with E-state index in [4.69, 9.17) is 4.74 Å². The molecule has 2 nitrogen and oxygen atoms in total. The van der Waals surface area contributed by atoms with Gasteiger partial charge in [-0.1, -0.05) is 112 Å². The van der Waals surface area contributed by atoms with Gasteiger partial charge in [0.05, 0.1) is 0 Å². The van der Waals surface area contributed by atoms with Crippen molar-refractivity contribution in [2.75, 3.05) is 0 Å². The minimum absolute atomic E-state index is 0.241. The molecule has 0 aliphatic heterocycles. The molecule has 0 aromatic heterocycles. The molecule has 0 N–H and O–H groups in total. The molecule has 0 fully saturated rings. The van der Waals surface area contributed by atoms with Crippen LogP contribution in [0.2, 0.25) is 0 Å². The van der Waals surface area contributed by atoms with Gasteiger partial charge in [0, 0.05) is 6.92 Å². The van der Waals surface area contributed by atoms with Crippen molar-refractivity contribution >= 4 is 5.97 Å². The second-order valence-corrected chi connectivity index (χ2v) is 8.64. The summed E-state index contributed by atoms with van der Waals surface area (Å²) in [6.07, 6.45) is 8.76. The molecule has 1 unspecified atom stereocenters. The summed E-state index contributed by atoms with van der Waals surface area (Å²) in [6.45, 7) is 5.62. The van der Waals surface area contributed by atoms with Crippen LogP contribution in [0.4, 0.5) is 0 Å². The van der Waals surface area contributed by atoms with Crippen LogP contribution in [-0.4, -0.2) is 5.97 Å². The van der Waals surface area contributed by atoms with Crippen LogP contribution in [0.15, 0.2) is 72.8 Å². The number of aryl methyl sites for hydroxylation is 1. The van der Waals surface area contributed by atoms with Crippen molar-refractivity contribution in [3.8, 4) is 22.3 Å². The Kier molecular flexibility index (Phi) is 9.10. The molecule has 0 amide bonds. The lowest BCUT2D eigenvalue weighted by molar-refractivity contribution is -0.145. The Labute approximate surface area is 193 Å². The topological polar surface area (TPSA) is 26.3 Å². The van der Waals surface area contributed by atoms with Gasteiger partial charge >= 0.3 is 5.97 Å². The first-order valence-corrected chi connectivity index (χ1v) is 12.0. The van der Waals surface area contributed by atoms with Gasteiger partial charge in [-0.3, -0.25) is 4.79 Å². The maximum Gasteiger partial charge on any atom is 0.303 e. The summed E-state index contributed by atoms with van der Waals surface area (Å²) < 4.78 is 5.33. The number of carbonyl (C=O) groups excluding carboxylic acids is 1. The third kappa shape index (κ3) is 6.82. The van der Waals surface area contributed by atoms with Crippen molar-refractivity contribution in [3.05, 3.63) is 83.9 Å². The van der Waals surface area contributed by atoms with Crippen LogP contribution in [0.3, 0.4) is 0 Å². The van der Waals surface area contributed by atoms with E-state index < -0.39 is 0 Å². The lowest BCUT2D eigenvalue weighted by Crippen LogP contribution is -2.04. The Bertz CT molecular complexity index is 973. The molecule has 1 atom stereocenters. The highest BCUT2D eigenvalue weighted by molar-refractivity contribution is 5.84. The van der Waals surface area contributed by atoms with Crippen molar-refractivity contribution in [3.63, 3.8) is 0 Å². The number of benzene rings is 3. The van der Waals surface area contributed by atoms with E-state index in [1.807, 2.05) is 6.92 Å². The molecule has 0 bridgehead atoms. The first-order valence-electron chi connectivity index (χ1n) is 12.0. The third-order valence-corrected chi connectivity index (χ3v) is 6.02. The van der Waals surface area contributed by atoms with E-state index in [1.54, 1.807) is 0 Å². The van der Waals surface area contributed by atoms with Crippen LogP contribution < -0.4 is 0 Å². The monoisotopic (exact) mass is 428 g/mol. The molecule has 168 valence electrons. The number of unbranched alkanes of at least 4 members (excludes halogenated alkanes) is 5. The Hall–Kier alpha value is -2.87. The first kappa shape index (κ1) is 23.8. The summed E-state index contributed by atoms with van der Waals surface area (Å²) in [4.78, 5) is 11.3. The van der Waals surface area contributed by atoms with Crippen molar-refractivity contribution in [2.24, 2.45) is 0 Å². The van der Waals surface area contributed by atoms with Crippen LogP contribution in [0, 0.1) is 0 Å². The van der Waals surface area contributed by atoms with Crippen LogP contribution >= 0.6 is 0 Å². The molecule has 0 heterocycles. The second kappa shape index (κ2) is 12.2. The average molecular weight is 429 g/mol. The summed E-state index contributed by atoms with van der Waals surface area (Å²) in [5, 5.41) is 0. The molecular weight excluding hydrogens is 392 g/mol. The molecule has 32 heavy (non-hydrogen) atoms. The highest BCUT2D eigenvalue weighted by Crippen LogP contribution is 2.34.